The van der Waals surface area contributed by atoms with Crippen molar-refractivity contribution in [1.82, 2.24) is 0 Å². The summed E-state index contributed by atoms with van der Waals surface area (Å²) < 4.78 is 78.4. The highest BCUT2D eigenvalue weighted by molar-refractivity contribution is 5.39. The Morgan fingerprint density at radius 2 is 1.17 bits per heavy atom. The van der Waals surface area contributed by atoms with Crippen LogP contribution in [0.3, 0.4) is 0 Å². The Morgan fingerprint density at radius 1 is 0.833 bits per heavy atom. The lowest BCUT2D eigenvalue weighted by molar-refractivity contribution is -0.261. The third kappa shape index (κ3) is 3.69. The fraction of sp³-hybridized carbons (Fsp3) is 0.625. The summed E-state index contributed by atoms with van der Waals surface area (Å²) in [5, 5.41) is 19.6. The van der Waals surface area contributed by atoms with Gasteiger partial charge in [-0.3, -0.25) is 0 Å². The monoisotopic (exact) mass is 358 g/mol. The molecule has 2 N–H and O–H groups in total. The molecule has 1 aromatic rings. The van der Waals surface area contributed by atoms with Gasteiger partial charge in [0.15, 0.2) is 11.2 Å². The van der Waals surface area contributed by atoms with Crippen molar-refractivity contribution in [2.75, 3.05) is 0 Å². The van der Waals surface area contributed by atoms with E-state index in [9.17, 15) is 36.6 Å². The van der Waals surface area contributed by atoms with Crippen LogP contribution in [0.2, 0.25) is 0 Å². The Hall–Kier alpha value is -1.28. The summed E-state index contributed by atoms with van der Waals surface area (Å²) in [6.45, 7) is 4.29. The van der Waals surface area contributed by atoms with Crippen molar-refractivity contribution in [3.8, 4) is 0 Å². The minimum atomic E-state index is -5.08. The number of halogens is 6. The highest BCUT2D eigenvalue weighted by atomic mass is 19.4. The first kappa shape index (κ1) is 20.8. The van der Waals surface area contributed by atoms with Gasteiger partial charge in [0.2, 0.25) is 0 Å². The summed E-state index contributed by atoms with van der Waals surface area (Å²) >= 11 is 0. The van der Waals surface area contributed by atoms with Crippen LogP contribution >= 0.6 is 0 Å². The molecule has 0 saturated carbocycles. The van der Waals surface area contributed by atoms with Gasteiger partial charge < -0.3 is 10.2 Å². The first-order chi connectivity index (χ1) is 10.6. The Morgan fingerprint density at radius 3 is 1.42 bits per heavy atom. The number of rotatable bonds is 4. The zero-order valence-electron chi connectivity index (χ0n) is 13.7. The van der Waals surface area contributed by atoms with E-state index in [0.717, 1.165) is 12.1 Å². The molecule has 0 heterocycles. The van der Waals surface area contributed by atoms with Gasteiger partial charge in [-0.2, -0.15) is 26.3 Å². The minimum absolute atomic E-state index is 0.180. The zero-order chi connectivity index (χ0) is 19.1. The molecular weight excluding hydrogens is 338 g/mol. The number of alkyl halides is 6. The van der Waals surface area contributed by atoms with Crippen molar-refractivity contribution < 1.29 is 36.6 Å². The molecule has 0 aliphatic carbocycles. The lowest BCUT2D eigenvalue weighted by Crippen LogP contribution is -2.42. The van der Waals surface area contributed by atoms with Gasteiger partial charge >= 0.3 is 12.4 Å². The Balaban J connectivity index is 3.67. The first-order valence-electron chi connectivity index (χ1n) is 7.29. The molecule has 0 radical (unpaired) electrons. The molecule has 0 aliphatic rings. The Bertz CT molecular complexity index is 543. The molecule has 2 nitrogen and oxygen atoms in total. The van der Waals surface area contributed by atoms with Crippen LogP contribution < -0.4 is 0 Å². The lowest BCUT2D eigenvalue weighted by atomic mass is 9.84. The van der Waals surface area contributed by atoms with Crippen LogP contribution in [0.5, 0.6) is 0 Å². The van der Waals surface area contributed by atoms with E-state index in [1.165, 1.54) is 0 Å². The SMILES string of the molecule is CCC(C)c1cc(C(C)(O)C(F)(F)F)cc(C(C)(O)C(F)(F)F)c1. The smallest absolute Gasteiger partial charge is 0.376 e. The minimum Gasteiger partial charge on any atom is -0.376 e. The van der Waals surface area contributed by atoms with Gasteiger partial charge in [0.25, 0.3) is 0 Å². The quantitative estimate of drug-likeness (QED) is 0.764. The van der Waals surface area contributed by atoms with Crippen molar-refractivity contribution >= 4 is 0 Å². The standard InChI is InChI=1S/C16H20F6O2/c1-5-9(2)10-6-11(13(3,23)15(17,18)19)8-12(7-10)14(4,24)16(20,21)22/h6-9,23-24H,5H2,1-4H3. The van der Waals surface area contributed by atoms with Crippen LogP contribution in [-0.4, -0.2) is 22.6 Å². The van der Waals surface area contributed by atoms with Gasteiger partial charge in [-0.25, -0.2) is 0 Å². The Labute approximate surface area is 136 Å². The topological polar surface area (TPSA) is 40.5 Å². The number of hydrogen-bond acceptors (Lipinski definition) is 2. The molecule has 0 aromatic heterocycles. The molecule has 0 bridgehead atoms. The van der Waals surface area contributed by atoms with Gasteiger partial charge in [0, 0.05) is 0 Å². The third-order valence-electron chi connectivity index (χ3n) is 4.36. The van der Waals surface area contributed by atoms with Crippen LogP contribution in [0.25, 0.3) is 0 Å². The largest absolute Gasteiger partial charge is 0.421 e. The highest BCUT2D eigenvalue weighted by Gasteiger charge is 2.54. The average Bonchev–Trinajstić information content (AvgIpc) is 2.43. The summed E-state index contributed by atoms with van der Waals surface area (Å²) in [7, 11) is 0. The lowest BCUT2D eigenvalue weighted by Gasteiger charge is -2.32. The van der Waals surface area contributed by atoms with E-state index in [4.69, 9.17) is 0 Å². The van der Waals surface area contributed by atoms with Gasteiger partial charge in [0.1, 0.15) is 0 Å². The fourth-order valence-electron chi connectivity index (χ4n) is 2.06. The first-order valence-corrected chi connectivity index (χ1v) is 7.29. The molecule has 24 heavy (non-hydrogen) atoms. The van der Waals surface area contributed by atoms with Crippen molar-refractivity contribution in [3.63, 3.8) is 0 Å². The second-order valence-corrected chi connectivity index (χ2v) is 6.29. The molecule has 0 spiro atoms. The second kappa shape index (κ2) is 6.22. The van der Waals surface area contributed by atoms with Crippen molar-refractivity contribution in [3.05, 3.63) is 34.9 Å². The van der Waals surface area contributed by atoms with Crippen LogP contribution in [0.15, 0.2) is 18.2 Å². The second-order valence-electron chi connectivity index (χ2n) is 6.29. The van der Waals surface area contributed by atoms with Gasteiger partial charge in [-0.1, -0.05) is 26.0 Å². The predicted octanol–water partition coefficient (Wildman–Crippen LogP) is 4.74. The van der Waals surface area contributed by atoms with E-state index in [1.54, 1.807) is 13.8 Å². The number of hydrogen-bond donors (Lipinski definition) is 2. The van der Waals surface area contributed by atoms with Gasteiger partial charge in [-0.15, -0.1) is 0 Å². The molecule has 8 heteroatoms. The number of aliphatic hydroxyl groups is 2. The molecule has 0 saturated heterocycles. The van der Waals surface area contributed by atoms with Gasteiger partial charge in [0.05, 0.1) is 0 Å². The van der Waals surface area contributed by atoms with E-state index in [1.807, 2.05) is 0 Å². The van der Waals surface area contributed by atoms with E-state index >= 15 is 0 Å². The van der Waals surface area contributed by atoms with Gasteiger partial charge in [-0.05, 0) is 48.9 Å². The normalized spacial score (nSPS) is 19.5. The van der Waals surface area contributed by atoms with Crippen LogP contribution in [0.1, 0.15) is 56.7 Å². The van der Waals surface area contributed by atoms with E-state index in [0.29, 0.717) is 26.3 Å². The Kier molecular flexibility index (Phi) is 5.38. The van der Waals surface area contributed by atoms with E-state index in [2.05, 4.69) is 0 Å². The highest BCUT2D eigenvalue weighted by Crippen LogP contribution is 2.44. The van der Waals surface area contributed by atoms with E-state index < -0.39 is 34.7 Å². The third-order valence-corrected chi connectivity index (χ3v) is 4.36. The van der Waals surface area contributed by atoms with Crippen LogP contribution in [-0.2, 0) is 11.2 Å². The summed E-state index contributed by atoms with van der Waals surface area (Å²) in [6.07, 6.45) is -9.70. The molecule has 3 atom stereocenters. The molecular formula is C16H20F6O2. The summed E-state index contributed by atoms with van der Waals surface area (Å²) in [6, 6.07) is 2.60. The molecule has 138 valence electrons. The van der Waals surface area contributed by atoms with Crippen LogP contribution in [0.4, 0.5) is 26.3 Å². The van der Waals surface area contributed by atoms with Crippen molar-refractivity contribution in [2.24, 2.45) is 0 Å². The molecule has 3 unspecified atom stereocenters. The maximum atomic E-state index is 13.1. The molecule has 1 rings (SSSR count). The summed E-state index contributed by atoms with van der Waals surface area (Å²) in [5.74, 6) is -0.350. The van der Waals surface area contributed by atoms with E-state index in [-0.39, 0.29) is 11.5 Å². The number of benzene rings is 1. The zero-order valence-corrected chi connectivity index (χ0v) is 13.7. The summed E-state index contributed by atoms with van der Waals surface area (Å²) in [4.78, 5) is 0. The average molecular weight is 358 g/mol. The molecule has 0 fully saturated rings. The molecule has 0 amide bonds. The molecule has 0 aliphatic heterocycles. The van der Waals surface area contributed by atoms with Crippen LogP contribution in [0, 0.1) is 0 Å². The summed E-state index contributed by atoms with van der Waals surface area (Å²) in [5.41, 5.74) is -7.99. The molecule has 1 aromatic carbocycles. The maximum absolute atomic E-state index is 13.1. The fourth-order valence-corrected chi connectivity index (χ4v) is 2.06. The maximum Gasteiger partial charge on any atom is 0.421 e. The predicted molar refractivity (Wildman–Crippen MR) is 76.4 cm³/mol. The van der Waals surface area contributed by atoms with Crippen molar-refractivity contribution in [2.45, 2.75) is 63.6 Å². The van der Waals surface area contributed by atoms with Crippen molar-refractivity contribution in [1.29, 1.82) is 0 Å².